The molecule has 8 heteroatoms. The molecule has 8 nitrogen and oxygen atoms in total. The number of hydrogen-bond acceptors (Lipinski definition) is 6. The van der Waals surface area contributed by atoms with Gasteiger partial charge >= 0.3 is 0 Å². The lowest BCUT2D eigenvalue weighted by molar-refractivity contribution is -0.132. The number of carbonyl (C=O) groups excluding carboxylic acids is 1. The summed E-state index contributed by atoms with van der Waals surface area (Å²) in [5.41, 5.74) is 0. The number of hydrogen-bond donors (Lipinski definition) is 0. The minimum Gasteiger partial charge on any atom is -0.356 e. The van der Waals surface area contributed by atoms with E-state index in [1.54, 1.807) is 17.2 Å². The van der Waals surface area contributed by atoms with E-state index in [0.29, 0.717) is 19.6 Å². The van der Waals surface area contributed by atoms with E-state index in [2.05, 4.69) is 30.9 Å². The Hall–Kier alpha value is -2.64. The van der Waals surface area contributed by atoms with Gasteiger partial charge in [-0.15, -0.1) is 0 Å². The summed E-state index contributed by atoms with van der Waals surface area (Å²) in [5, 5.41) is 4.10. The molecule has 0 saturated carbocycles. The molecule has 2 fully saturated rings. The molecule has 25 heavy (non-hydrogen) atoms. The minimum absolute atomic E-state index is 0.115. The van der Waals surface area contributed by atoms with Crippen LogP contribution in [0.15, 0.2) is 30.9 Å². The highest BCUT2D eigenvalue weighted by Gasteiger charge is 2.23. The molecule has 0 N–H and O–H groups in total. The Labute approximate surface area is 147 Å². The number of nitrogens with zero attached hydrogens (tertiary/aromatic N) is 7. The number of anilines is 2. The molecule has 0 aliphatic carbocycles. The first-order valence-electron chi connectivity index (χ1n) is 8.87. The van der Waals surface area contributed by atoms with Crippen LogP contribution in [0.5, 0.6) is 0 Å². The van der Waals surface area contributed by atoms with Gasteiger partial charge in [0.05, 0.1) is 0 Å². The van der Waals surface area contributed by atoms with E-state index in [1.807, 2.05) is 17.2 Å². The van der Waals surface area contributed by atoms with E-state index in [9.17, 15) is 4.79 Å². The molecular formula is C17H23N7O. The van der Waals surface area contributed by atoms with Crippen LogP contribution in [-0.2, 0) is 11.3 Å². The van der Waals surface area contributed by atoms with Gasteiger partial charge in [-0.3, -0.25) is 9.48 Å². The van der Waals surface area contributed by atoms with E-state index in [-0.39, 0.29) is 5.91 Å². The highest BCUT2D eigenvalue weighted by Crippen LogP contribution is 2.22. The molecule has 132 valence electrons. The van der Waals surface area contributed by atoms with Gasteiger partial charge in [-0.2, -0.15) is 5.10 Å². The van der Waals surface area contributed by atoms with Crippen molar-refractivity contribution in [3.63, 3.8) is 0 Å². The van der Waals surface area contributed by atoms with E-state index in [1.165, 1.54) is 12.8 Å². The Morgan fingerprint density at radius 3 is 2.28 bits per heavy atom. The van der Waals surface area contributed by atoms with Crippen molar-refractivity contribution in [2.75, 3.05) is 49.1 Å². The van der Waals surface area contributed by atoms with Crippen molar-refractivity contribution < 1.29 is 4.79 Å². The molecular weight excluding hydrogens is 318 g/mol. The Morgan fingerprint density at radius 2 is 1.64 bits per heavy atom. The zero-order valence-electron chi connectivity index (χ0n) is 14.3. The number of aromatic nitrogens is 4. The average Bonchev–Trinajstić information content (AvgIpc) is 3.36. The lowest BCUT2D eigenvalue weighted by Gasteiger charge is -2.35. The highest BCUT2D eigenvalue weighted by atomic mass is 16.2. The van der Waals surface area contributed by atoms with Crippen molar-refractivity contribution in [3.8, 4) is 0 Å². The fourth-order valence-corrected chi connectivity index (χ4v) is 3.45. The standard InChI is InChI=1S/C17H23N7O/c25-17(13-24-7-3-4-20-24)23-10-8-22(9-11-23)16-12-15(18-14-19-16)21-5-1-2-6-21/h3-4,7,12,14H,1-2,5-6,8-11,13H2. The van der Waals surface area contributed by atoms with Gasteiger partial charge < -0.3 is 14.7 Å². The van der Waals surface area contributed by atoms with Crippen molar-refractivity contribution in [2.24, 2.45) is 0 Å². The van der Waals surface area contributed by atoms with Crippen molar-refractivity contribution in [3.05, 3.63) is 30.9 Å². The third kappa shape index (κ3) is 3.57. The smallest absolute Gasteiger partial charge is 0.244 e. The van der Waals surface area contributed by atoms with Crippen LogP contribution in [0, 0.1) is 0 Å². The van der Waals surface area contributed by atoms with Crippen LogP contribution in [0.2, 0.25) is 0 Å². The molecule has 2 aliphatic heterocycles. The Morgan fingerprint density at radius 1 is 0.960 bits per heavy atom. The van der Waals surface area contributed by atoms with Crippen LogP contribution in [0.1, 0.15) is 12.8 Å². The molecule has 0 radical (unpaired) electrons. The lowest BCUT2D eigenvalue weighted by Crippen LogP contribution is -2.50. The monoisotopic (exact) mass is 341 g/mol. The number of piperazine rings is 1. The van der Waals surface area contributed by atoms with Crippen LogP contribution in [-0.4, -0.2) is 69.8 Å². The highest BCUT2D eigenvalue weighted by molar-refractivity contribution is 5.76. The summed E-state index contributed by atoms with van der Waals surface area (Å²) in [7, 11) is 0. The van der Waals surface area contributed by atoms with Crippen LogP contribution >= 0.6 is 0 Å². The van der Waals surface area contributed by atoms with Gasteiger partial charge in [0.1, 0.15) is 24.5 Å². The maximum absolute atomic E-state index is 12.4. The number of rotatable bonds is 4. The molecule has 0 aromatic carbocycles. The fourth-order valence-electron chi connectivity index (χ4n) is 3.45. The molecule has 4 rings (SSSR count). The maximum Gasteiger partial charge on any atom is 0.244 e. The van der Waals surface area contributed by atoms with Crippen LogP contribution in [0.4, 0.5) is 11.6 Å². The molecule has 0 atom stereocenters. The summed E-state index contributed by atoms with van der Waals surface area (Å²) < 4.78 is 1.67. The summed E-state index contributed by atoms with van der Waals surface area (Å²) >= 11 is 0. The van der Waals surface area contributed by atoms with E-state index < -0.39 is 0 Å². The molecule has 0 bridgehead atoms. The topological polar surface area (TPSA) is 70.4 Å². The Balaban J connectivity index is 1.35. The predicted molar refractivity (Wildman–Crippen MR) is 94.5 cm³/mol. The SMILES string of the molecule is O=C(Cn1cccn1)N1CCN(c2cc(N3CCCC3)ncn2)CC1. The first kappa shape index (κ1) is 15.9. The van der Waals surface area contributed by atoms with Gasteiger partial charge in [0, 0.05) is 57.7 Å². The van der Waals surface area contributed by atoms with Crippen molar-refractivity contribution in [1.82, 2.24) is 24.6 Å². The molecule has 2 aromatic heterocycles. The van der Waals surface area contributed by atoms with Crippen molar-refractivity contribution >= 4 is 17.5 Å². The Kier molecular flexibility index (Phi) is 4.49. The van der Waals surface area contributed by atoms with Gasteiger partial charge in [-0.05, 0) is 18.9 Å². The quantitative estimate of drug-likeness (QED) is 0.812. The minimum atomic E-state index is 0.115. The normalized spacial score (nSPS) is 18.0. The molecule has 0 unspecified atom stereocenters. The predicted octanol–water partition coefficient (Wildman–Crippen LogP) is 0.622. The summed E-state index contributed by atoms with van der Waals surface area (Å²) in [5.74, 6) is 2.08. The second-order valence-electron chi connectivity index (χ2n) is 6.50. The van der Waals surface area contributed by atoms with Gasteiger partial charge in [0.2, 0.25) is 5.91 Å². The fraction of sp³-hybridized carbons (Fsp3) is 0.529. The molecule has 2 aromatic rings. The largest absolute Gasteiger partial charge is 0.356 e. The zero-order chi connectivity index (χ0) is 17.1. The van der Waals surface area contributed by atoms with E-state index in [0.717, 1.165) is 37.8 Å². The average molecular weight is 341 g/mol. The van der Waals surface area contributed by atoms with Gasteiger partial charge in [-0.1, -0.05) is 0 Å². The third-order valence-electron chi connectivity index (χ3n) is 4.88. The zero-order valence-corrected chi connectivity index (χ0v) is 14.3. The molecule has 2 saturated heterocycles. The summed E-state index contributed by atoms with van der Waals surface area (Å²) in [6.45, 7) is 5.47. The molecule has 0 spiro atoms. The van der Waals surface area contributed by atoms with Crippen molar-refractivity contribution in [1.29, 1.82) is 0 Å². The number of carbonyl (C=O) groups is 1. The van der Waals surface area contributed by atoms with Gasteiger partial charge in [-0.25, -0.2) is 9.97 Å². The van der Waals surface area contributed by atoms with Crippen LogP contribution in [0.25, 0.3) is 0 Å². The van der Waals surface area contributed by atoms with Crippen LogP contribution in [0.3, 0.4) is 0 Å². The summed E-state index contributed by atoms with van der Waals surface area (Å²) in [6, 6.07) is 3.91. The van der Waals surface area contributed by atoms with Gasteiger partial charge in [0.15, 0.2) is 0 Å². The molecule has 2 aliphatic rings. The van der Waals surface area contributed by atoms with Crippen molar-refractivity contribution in [2.45, 2.75) is 19.4 Å². The van der Waals surface area contributed by atoms with Gasteiger partial charge in [0.25, 0.3) is 0 Å². The summed E-state index contributed by atoms with van der Waals surface area (Å²) in [6.07, 6.45) is 7.62. The summed E-state index contributed by atoms with van der Waals surface area (Å²) in [4.78, 5) is 27.7. The lowest BCUT2D eigenvalue weighted by atomic mass is 10.3. The van der Waals surface area contributed by atoms with E-state index >= 15 is 0 Å². The second kappa shape index (κ2) is 7.08. The second-order valence-corrected chi connectivity index (χ2v) is 6.50. The third-order valence-corrected chi connectivity index (χ3v) is 4.88. The number of amides is 1. The van der Waals surface area contributed by atoms with Crippen LogP contribution < -0.4 is 9.80 Å². The first-order chi connectivity index (χ1) is 12.3. The first-order valence-corrected chi connectivity index (χ1v) is 8.87. The molecule has 4 heterocycles. The van der Waals surface area contributed by atoms with E-state index in [4.69, 9.17) is 0 Å². The Bertz CT molecular complexity index is 704. The maximum atomic E-state index is 12.4. The molecule has 1 amide bonds.